The fourth-order valence-corrected chi connectivity index (χ4v) is 16.1. The fourth-order valence-electron chi connectivity index (χ4n) is 16.1. The highest BCUT2D eigenvalue weighted by molar-refractivity contribution is 6.09. The van der Waals surface area contributed by atoms with E-state index in [1.54, 1.807) is 48.0 Å². The second kappa shape index (κ2) is 38.7. The van der Waals surface area contributed by atoms with Gasteiger partial charge in [-0.3, -0.25) is 67.0 Å². The molecule has 9 N–H and O–H groups in total. The third-order valence-corrected chi connectivity index (χ3v) is 22.6. The number of piperidine rings is 2. The van der Waals surface area contributed by atoms with E-state index in [1.165, 1.54) is 89.9 Å². The molecule has 0 radical (unpaired) electrons. The molecule has 4 atom stereocenters. The van der Waals surface area contributed by atoms with E-state index < -0.39 is 60.0 Å². The van der Waals surface area contributed by atoms with Gasteiger partial charge in [0.2, 0.25) is 23.6 Å². The van der Waals surface area contributed by atoms with Crippen LogP contribution in [0.5, 0.6) is 0 Å². The lowest BCUT2D eigenvalue weighted by atomic mass is 9.86. The first-order chi connectivity index (χ1) is 57.3. The first-order valence-corrected chi connectivity index (χ1v) is 40.6. The number of aromatic nitrogens is 14. The third kappa shape index (κ3) is 20.6. The number of hydrogen-bond acceptors (Lipinski definition) is 20. The van der Waals surface area contributed by atoms with Crippen LogP contribution in [0.25, 0.3) is 33.4 Å². The number of unbranched alkanes of at least 4 members (excludes halogenated alkanes) is 2. The molecule has 630 valence electrons. The summed E-state index contributed by atoms with van der Waals surface area (Å²) < 4.78 is 78.0. The lowest BCUT2D eigenvalue weighted by Gasteiger charge is -2.31. The van der Waals surface area contributed by atoms with Crippen LogP contribution >= 0.6 is 0 Å². The van der Waals surface area contributed by atoms with E-state index in [9.17, 15) is 55.9 Å². The van der Waals surface area contributed by atoms with Gasteiger partial charge in [0.05, 0.1) is 70.1 Å². The number of carbonyl (C=O) groups excluding carboxylic acids is 6. The van der Waals surface area contributed by atoms with Crippen LogP contribution < -0.4 is 49.4 Å². The zero-order chi connectivity index (χ0) is 84.1. The summed E-state index contributed by atoms with van der Waals surface area (Å²) in [5, 5.41) is 29.8. The Hall–Kier alpha value is -11.9. The van der Waals surface area contributed by atoms with Crippen molar-refractivity contribution in [2.24, 2.45) is 25.9 Å². The van der Waals surface area contributed by atoms with E-state index in [-0.39, 0.29) is 106 Å². The fraction of sp³-hybridized carbons (Fsp3) is 0.494. The zero-order valence-electron chi connectivity index (χ0n) is 67.2. The number of amides is 6. The highest BCUT2D eigenvalue weighted by Crippen LogP contribution is 2.38. The number of halogens is 4. The summed E-state index contributed by atoms with van der Waals surface area (Å²) in [6, 6.07) is 12.5. The molecule has 6 amide bonds. The Morgan fingerprint density at radius 3 is 1.45 bits per heavy atom. The number of imide groups is 2. The van der Waals surface area contributed by atoms with Crippen molar-refractivity contribution in [2.45, 2.75) is 191 Å². The molecular formula is C83H100F4N22O10. The monoisotopic (exact) mass is 1640 g/mol. The number of nitrogens with zero attached hydrogens (tertiary/aromatic N) is 15. The highest BCUT2D eigenvalue weighted by Gasteiger charge is 2.35. The summed E-state index contributed by atoms with van der Waals surface area (Å²) in [7, 11) is 5.40. The van der Waals surface area contributed by atoms with Crippen molar-refractivity contribution in [1.82, 2.24) is 87.9 Å². The van der Waals surface area contributed by atoms with Crippen LogP contribution in [0, 0.1) is 35.5 Å². The minimum Gasteiger partial charge on any atom is -0.384 e. The van der Waals surface area contributed by atoms with Crippen LogP contribution in [0.3, 0.4) is 0 Å². The van der Waals surface area contributed by atoms with Gasteiger partial charge in [0.1, 0.15) is 34.8 Å². The molecule has 10 aromatic rings. The SMILES string of the molecule is CN(CCCC#Cc1ccc2c(c1)n(C)c(=O)n2C1CCC(=O)NC1=O)CC1CCC(n2cc(NC(=O)c3cnn4ccc(N)nc34)c(C(F)F)n2)CC1.C[C@H]1CCCO1.C[C@H]1CCCO1.Cn1c(=O)n(C2CCC(=O)NC2=O)c2ccc(C#CCCCNCC3CCC(n4cc(NC(=O)c5cnn6ccc(N)nc56)c(C(F)F)n4)CC3)cc21. The second-order valence-corrected chi connectivity index (χ2v) is 31.2. The summed E-state index contributed by atoms with van der Waals surface area (Å²) in [6.07, 6.45) is 20.0. The van der Waals surface area contributed by atoms with Crippen LogP contribution in [-0.4, -0.2) is 166 Å². The number of benzene rings is 2. The van der Waals surface area contributed by atoms with Gasteiger partial charge in [-0.15, -0.1) is 0 Å². The molecule has 8 aromatic heterocycles. The van der Waals surface area contributed by atoms with Gasteiger partial charge in [0.25, 0.3) is 24.7 Å². The van der Waals surface area contributed by atoms with Gasteiger partial charge in [0, 0.05) is 95.5 Å². The van der Waals surface area contributed by atoms with Gasteiger partial charge in [-0.1, -0.05) is 23.7 Å². The predicted octanol–water partition coefficient (Wildman–Crippen LogP) is 9.68. The summed E-state index contributed by atoms with van der Waals surface area (Å²) in [4.78, 5) is 111. The molecule has 2 aromatic carbocycles. The minimum atomic E-state index is -2.87. The van der Waals surface area contributed by atoms with E-state index >= 15 is 0 Å². The molecule has 119 heavy (non-hydrogen) atoms. The number of nitrogen functional groups attached to an aromatic ring is 2. The number of rotatable bonds is 20. The van der Waals surface area contributed by atoms with Crippen LogP contribution in [0.15, 0.2) is 95.3 Å². The Bertz CT molecular complexity index is 5590. The van der Waals surface area contributed by atoms with E-state index in [0.29, 0.717) is 59.0 Å². The zero-order valence-corrected chi connectivity index (χ0v) is 67.2. The molecule has 6 fully saturated rings. The summed E-state index contributed by atoms with van der Waals surface area (Å²) in [5.41, 5.74) is 14.6. The van der Waals surface area contributed by atoms with Crippen molar-refractivity contribution < 1.29 is 55.8 Å². The van der Waals surface area contributed by atoms with Crippen LogP contribution in [0.1, 0.15) is 223 Å². The van der Waals surface area contributed by atoms with Gasteiger partial charge in [-0.2, -0.15) is 20.4 Å². The van der Waals surface area contributed by atoms with Crippen molar-refractivity contribution in [1.29, 1.82) is 0 Å². The largest absolute Gasteiger partial charge is 0.384 e. The van der Waals surface area contributed by atoms with E-state index in [0.717, 1.165) is 115 Å². The molecular weight excluding hydrogens is 1540 g/mol. The molecule has 2 aliphatic carbocycles. The predicted molar refractivity (Wildman–Crippen MR) is 436 cm³/mol. The number of aryl methyl sites for hydroxylation is 2. The molecule has 12 heterocycles. The number of hydrogen-bond donors (Lipinski definition) is 7. The molecule has 2 unspecified atom stereocenters. The van der Waals surface area contributed by atoms with Crippen molar-refractivity contribution in [3.8, 4) is 23.7 Å². The molecule has 4 aliphatic heterocycles. The Morgan fingerprint density at radius 2 is 1.03 bits per heavy atom. The Morgan fingerprint density at radius 1 is 0.588 bits per heavy atom. The lowest BCUT2D eigenvalue weighted by molar-refractivity contribution is -0.137. The number of nitrogens with two attached hydrogens (primary N) is 2. The van der Waals surface area contributed by atoms with Gasteiger partial charge in [-0.25, -0.2) is 46.1 Å². The molecule has 0 bridgehead atoms. The average molecular weight is 1640 g/mol. The number of fused-ring (bicyclic) bond motifs is 4. The molecule has 6 aliphatic rings. The van der Waals surface area contributed by atoms with Crippen LogP contribution in [0.2, 0.25) is 0 Å². The maximum atomic E-state index is 14.0. The smallest absolute Gasteiger partial charge is 0.329 e. The van der Waals surface area contributed by atoms with E-state index in [2.05, 4.69) is 106 Å². The first-order valence-electron chi connectivity index (χ1n) is 40.6. The van der Waals surface area contributed by atoms with Crippen molar-refractivity contribution >= 4 is 91.8 Å². The van der Waals surface area contributed by atoms with Crippen LogP contribution in [-0.2, 0) is 42.7 Å². The standard InChI is InChI=1S/C37H41F2N11O4.C36H39F2N11O4.2C5H10O/c1-46(16-5-3-4-6-22-9-12-27-29(18-22)47(2)37(54)50(27)28-13-14-31(51)44-36(28)53)20-23-7-10-24(11-8-23)49-21-26(32(45-49)33(38)39)42-35(52)25-19-41-48-17-15-30(40)43-34(25)48;1-46-28-17-21(8-11-26(28)49(36(46)53)27-12-13-30(50)44-35(27)52)5-3-2-4-15-40-18-22-6-9-23(10-7-22)48-20-25(31(45-48)32(37)38)42-34(51)24-19-41-47-16-14-29(39)43-33(24)47;2*1-5-3-2-4-6-5/h9,12,15,17-19,21,23-24,28,33H,3,5,7-8,10-11,13-14,16,20H2,1-2H3,(H2,40,43)(H,42,52)(H,44,51,53);8,11,14,16-17,19-20,22-23,27,32,40H,2,4,6-7,9-10,12-13,15,18H2,1H3,(H2,39,43)(H,42,51)(H,44,50,52);2*5H,2-4H2,1H3/t;;2*5-/m..00/s1. The summed E-state index contributed by atoms with van der Waals surface area (Å²) >= 11 is 0. The molecule has 4 saturated heterocycles. The van der Waals surface area contributed by atoms with Gasteiger partial charge in [0.15, 0.2) is 22.7 Å². The molecule has 32 nitrogen and oxygen atoms in total. The minimum absolute atomic E-state index is 0.0433. The lowest BCUT2D eigenvalue weighted by Crippen LogP contribution is -2.44. The Labute approximate surface area is 682 Å². The Kier molecular flexibility index (Phi) is 27.6. The first kappa shape index (κ1) is 85.0. The van der Waals surface area contributed by atoms with E-state index in [1.807, 2.05) is 24.3 Å². The molecule has 16 rings (SSSR count). The second-order valence-electron chi connectivity index (χ2n) is 31.2. The summed E-state index contributed by atoms with van der Waals surface area (Å²) in [6.45, 7) is 9.63. The number of anilines is 4. The number of nitrogens with one attached hydrogen (secondary N) is 5. The number of ether oxygens (including phenoxy) is 2. The van der Waals surface area contributed by atoms with Gasteiger partial charge >= 0.3 is 11.4 Å². The number of alkyl halides is 4. The molecule has 36 heteroatoms. The summed E-state index contributed by atoms with van der Waals surface area (Å²) in [5.74, 6) is 11.3. The normalized spacial score (nSPS) is 20.6. The van der Waals surface area contributed by atoms with Crippen molar-refractivity contribution in [3.05, 3.63) is 140 Å². The van der Waals surface area contributed by atoms with Crippen molar-refractivity contribution in [2.75, 3.05) is 68.5 Å². The quantitative estimate of drug-likeness (QED) is 0.0161. The highest BCUT2D eigenvalue weighted by atomic mass is 19.3. The molecule has 2 saturated carbocycles. The van der Waals surface area contributed by atoms with Gasteiger partial charge in [-0.05, 0) is 204 Å². The van der Waals surface area contributed by atoms with Gasteiger partial charge < -0.3 is 41.8 Å². The molecule has 0 spiro atoms. The average Bonchev–Trinajstić information content (AvgIpc) is 1.61. The number of carbonyl (C=O) groups is 6. The maximum absolute atomic E-state index is 14.0. The number of imidazole rings is 2. The van der Waals surface area contributed by atoms with Crippen LogP contribution in [0.4, 0.5) is 40.6 Å². The Balaban J connectivity index is 0.000000180. The third-order valence-electron chi connectivity index (χ3n) is 22.6. The van der Waals surface area contributed by atoms with E-state index in [4.69, 9.17) is 20.9 Å². The topological polar surface area (TPSA) is 386 Å². The van der Waals surface area contributed by atoms with Crippen molar-refractivity contribution in [3.63, 3.8) is 0 Å². The maximum Gasteiger partial charge on any atom is 0.329 e.